The van der Waals surface area contributed by atoms with Crippen molar-refractivity contribution in [3.63, 3.8) is 0 Å². The molecule has 0 aliphatic heterocycles. The van der Waals surface area contributed by atoms with Gasteiger partial charge in [0, 0.05) is 6.54 Å². The van der Waals surface area contributed by atoms with Crippen LogP contribution in [0, 0.1) is 5.92 Å². The Labute approximate surface area is 128 Å². The van der Waals surface area contributed by atoms with Crippen LogP contribution in [0.25, 0.3) is 0 Å². The molecule has 5 nitrogen and oxygen atoms in total. The van der Waals surface area contributed by atoms with E-state index in [1.165, 1.54) is 10.9 Å². The van der Waals surface area contributed by atoms with Crippen LogP contribution in [0.15, 0.2) is 6.20 Å². The molecule has 0 aromatic carbocycles. The highest BCUT2D eigenvalue weighted by molar-refractivity contribution is 5.95. The monoisotopic (exact) mass is 315 g/mol. The number of carbonyl (C=O) groups is 1. The lowest BCUT2D eigenvalue weighted by atomic mass is 9.92. The number of amides is 1. The third kappa shape index (κ3) is 3.82. The first-order chi connectivity index (χ1) is 10.4. The fourth-order valence-electron chi connectivity index (χ4n) is 2.82. The zero-order valence-corrected chi connectivity index (χ0v) is 12.9. The van der Waals surface area contributed by atoms with Gasteiger partial charge in [-0.2, -0.15) is 5.10 Å². The highest BCUT2D eigenvalue weighted by atomic mass is 19.3. The first kappa shape index (κ1) is 16.9. The second-order valence-electron chi connectivity index (χ2n) is 6.25. The normalized spacial score (nSPS) is 22.3. The van der Waals surface area contributed by atoms with Crippen molar-refractivity contribution < 1.29 is 18.7 Å². The number of nitrogens with one attached hydrogen (secondary N) is 1. The third-order valence-corrected chi connectivity index (χ3v) is 3.92. The third-order valence-electron chi connectivity index (χ3n) is 3.92. The summed E-state index contributed by atoms with van der Waals surface area (Å²) in [6, 6.07) is -0.375. The Morgan fingerprint density at radius 3 is 2.73 bits per heavy atom. The molecule has 22 heavy (non-hydrogen) atoms. The van der Waals surface area contributed by atoms with E-state index >= 15 is 0 Å². The van der Waals surface area contributed by atoms with Gasteiger partial charge in [-0.25, -0.2) is 8.78 Å². The van der Waals surface area contributed by atoms with E-state index in [0.29, 0.717) is 19.4 Å². The molecule has 2 atom stereocenters. The summed E-state index contributed by atoms with van der Waals surface area (Å²) in [7, 11) is 0. The Bertz CT molecular complexity index is 517. The van der Waals surface area contributed by atoms with Crippen molar-refractivity contribution in [1.29, 1.82) is 0 Å². The Morgan fingerprint density at radius 2 is 2.14 bits per heavy atom. The zero-order chi connectivity index (χ0) is 16.3. The van der Waals surface area contributed by atoms with Crippen LogP contribution in [0.3, 0.4) is 0 Å². The van der Waals surface area contributed by atoms with Crippen LogP contribution in [0.2, 0.25) is 0 Å². The van der Waals surface area contributed by atoms with E-state index in [0.717, 1.165) is 12.8 Å². The number of nitrogens with zero attached hydrogens (tertiary/aromatic N) is 2. The average Bonchev–Trinajstić information content (AvgIpc) is 2.84. The fourth-order valence-corrected chi connectivity index (χ4v) is 2.82. The minimum atomic E-state index is -2.77. The van der Waals surface area contributed by atoms with E-state index in [1.54, 1.807) is 0 Å². The molecule has 0 bridgehead atoms. The van der Waals surface area contributed by atoms with Crippen molar-refractivity contribution >= 4 is 5.91 Å². The lowest BCUT2D eigenvalue weighted by Gasteiger charge is -2.28. The molecular formula is C15H23F2N3O2. The summed E-state index contributed by atoms with van der Waals surface area (Å²) in [6.45, 7) is 4.13. The predicted octanol–water partition coefficient (Wildman–Crippen LogP) is 2.51. The SMILES string of the molecule is CC(C)Cn1ncc(C(=O)NC2CCCCC2O)c1C(F)F. The Morgan fingerprint density at radius 1 is 1.45 bits per heavy atom. The zero-order valence-electron chi connectivity index (χ0n) is 12.9. The molecule has 0 spiro atoms. The molecular weight excluding hydrogens is 292 g/mol. The van der Waals surface area contributed by atoms with Crippen LogP contribution < -0.4 is 5.32 Å². The van der Waals surface area contributed by atoms with Gasteiger partial charge in [0.15, 0.2) is 0 Å². The molecule has 0 saturated heterocycles. The number of aliphatic hydroxyl groups excluding tert-OH is 1. The minimum Gasteiger partial charge on any atom is -0.391 e. The standard InChI is InChI=1S/C15H23F2N3O2/c1-9(2)8-20-13(14(16)17)10(7-18-20)15(22)19-11-5-3-4-6-12(11)21/h7,9,11-12,14,21H,3-6,8H2,1-2H3,(H,19,22). The van der Waals surface area contributed by atoms with E-state index in [2.05, 4.69) is 10.4 Å². The van der Waals surface area contributed by atoms with E-state index in [-0.39, 0.29) is 23.2 Å². The second-order valence-corrected chi connectivity index (χ2v) is 6.25. The smallest absolute Gasteiger partial charge is 0.280 e. The first-order valence-corrected chi connectivity index (χ1v) is 7.73. The summed E-state index contributed by atoms with van der Waals surface area (Å²) < 4.78 is 27.8. The van der Waals surface area contributed by atoms with Gasteiger partial charge in [0.25, 0.3) is 12.3 Å². The minimum absolute atomic E-state index is 0.103. The van der Waals surface area contributed by atoms with Gasteiger partial charge in [0.2, 0.25) is 0 Å². The lowest BCUT2D eigenvalue weighted by molar-refractivity contribution is 0.0709. The van der Waals surface area contributed by atoms with Crippen LogP contribution in [0.4, 0.5) is 8.78 Å². The molecule has 7 heteroatoms. The molecule has 1 aliphatic rings. The summed E-state index contributed by atoms with van der Waals surface area (Å²) in [4.78, 5) is 12.3. The summed E-state index contributed by atoms with van der Waals surface area (Å²) >= 11 is 0. The molecule has 1 aliphatic carbocycles. The number of rotatable bonds is 5. The average molecular weight is 315 g/mol. The van der Waals surface area contributed by atoms with Crippen molar-refractivity contribution in [3.8, 4) is 0 Å². The maximum absolute atomic E-state index is 13.3. The molecule has 1 heterocycles. The maximum Gasteiger partial charge on any atom is 0.280 e. The summed E-state index contributed by atoms with van der Waals surface area (Å²) in [5.41, 5.74) is -0.454. The molecule has 124 valence electrons. The van der Waals surface area contributed by atoms with Crippen molar-refractivity contribution in [3.05, 3.63) is 17.5 Å². The molecule has 2 unspecified atom stereocenters. The largest absolute Gasteiger partial charge is 0.391 e. The van der Waals surface area contributed by atoms with Crippen LogP contribution >= 0.6 is 0 Å². The number of hydrogen-bond donors (Lipinski definition) is 2. The molecule has 2 N–H and O–H groups in total. The van der Waals surface area contributed by atoms with Gasteiger partial charge in [-0.3, -0.25) is 9.48 Å². The van der Waals surface area contributed by atoms with Crippen LogP contribution in [-0.2, 0) is 6.54 Å². The summed E-state index contributed by atoms with van der Waals surface area (Å²) in [5, 5.41) is 16.5. The van der Waals surface area contributed by atoms with Gasteiger partial charge in [0.1, 0.15) is 5.69 Å². The van der Waals surface area contributed by atoms with Gasteiger partial charge in [-0.15, -0.1) is 0 Å². The quantitative estimate of drug-likeness (QED) is 0.877. The fraction of sp³-hybridized carbons (Fsp3) is 0.733. The maximum atomic E-state index is 13.3. The van der Waals surface area contributed by atoms with Crippen LogP contribution in [-0.4, -0.2) is 32.9 Å². The molecule has 1 saturated carbocycles. The van der Waals surface area contributed by atoms with Crippen molar-refractivity contribution in [2.45, 2.75) is 64.6 Å². The predicted molar refractivity (Wildman–Crippen MR) is 77.8 cm³/mol. The van der Waals surface area contributed by atoms with Crippen LogP contribution in [0.5, 0.6) is 0 Å². The highest BCUT2D eigenvalue weighted by Crippen LogP contribution is 2.25. The lowest BCUT2D eigenvalue weighted by Crippen LogP contribution is -2.45. The van der Waals surface area contributed by atoms with E-state index < -0.39 is 18.4 Å². The highest BCUT2D eigenvalue weighted by Gasteiger charge is 2.29. The van der Waals surface area contributed by atoms with Crippen molar-refractivity contribution in [2.75, 3.05) is 0 Å². The van der Waals surface area contributed by atoms with E-state index in [1.807, 2.05) is 13.8 Å². The van der Waals surface area contributed by atoms with E-state index in [4.69, 9.17) is 0 Å². The van der Waals surface area contributed by atoms with Crippen LogP contribution in [0.1, 0.15) is 62.0 Å². The molecule has 1 fully saturated rings. The van der Waals surface area contributed by atoms with Gasteiger partial charge in [-0.05, 0) is 18.8 Å². The molecule has 2 rings (SSSR count). The number of aromatic nitrogens is 2. The number of halogens is 2. The first-order valence-electron chi connectivity index (χ1n) is 7.73. The summed E-state index contributed by atoms with van der Waals surface area (Å²) in [6.07, 6.45) is 0.931. The van der Waals surface area contributed by atoms with Gasteiger partial charge in [-0.1, -0.05) is 26.7 Å². The van der Waals surface area contributed by atoms with Gasteiger partial charge >= 0.3 is 0 Å². The molecule has 1 aromatic heterocycles. The summed E-state index contributed by atoms with van der Waals surface area (Å²) in [5.74, 6) is -0.440. The Kier molecular flexibility index (Phi) is 5.50. The number of hydrogen-bond acceptors (Lipinski definition) is 3. The van der Waals surface area contributed by atoms with E-state index in [9.17, 15) is 18.7 Å². The van der Waals surface area contributed by atoms with Gasteiger partial charge < -0.3 is 10.4 Å². The number of alkyl halides is 2. The Balaban J connectivity index is 2.16. The van der Waals surface area contributed by atoms with Crippen molar-refractivity contribution in [2.24, 2.45) is 5.92 Å². The van der Waals surface area contributed by atoms with Gasteiger partial charge in [0.05, 0.1) is 23.9 Å². The number of aliphatic hydroxyl groups is 1. The molecule has 1 aromatic rings. The van der Waals surface area contributed by atoms with Crippen molar-refractivity contribution in [1.82, 2.24) is 15.1 Å². The molecule has 1 amide bonds. The second kappa shape index (κ2) is 7.17. The molecule has 0 radical (unpaired) electrons. The topological polar surface area (TPSA) is 67.2 Å². The number of carbonyl (C=O) groups excluding carboxylic acids is 1. The Hall–Kier alpha value is -1.50.